The number of methoxy groups -OCH3 is 3. The first-order valence-electron chi connectivity index (χ1n) is 9.11. The Morgan fingerprint density at radius 3 is 2.37 bits per heavy atom. The van der Waals surface area contributed by atoms with E-state index in [4.69, 9.17) is 14.2 Å². The number of ether oxygens (including phenoxy) is 3. The van der Waals surface area contributed by atoms with Crippen molar-refractivity contribution in [3.05, 3.63) is 71.7 Å². The molecule has 1 aromatic heterocycles. The van der Waals surface area contributed by atoms with Gasteiger partial charge < -0.3 is 24.8 Å². The molecule has 0 aliphatic carbocycles. The third-order valence-electron chi connectivity index (χ3n) is 4.41. The van der Waals surface area contributed by atoms with Gasteiger partial charge in [0.1, 0.15) is 17.4 Å². The summed E-state index contributed by atoms with van der Waals surface area (Å²) in [6, 6.07) is 12.8. The highest BCUT2D eigenvalue weighted by atomic mass is 19.1. The van der Waals surface area contributed by atoms with E-state index in [1.165, 1.54) is 33.6 Å². The highest BCUT2D eigenvalue weighted by molar-refractivity contribution is 5.99. The molecule has 30 heavy (non-hydrogen) atoms. The van der Waals surface area contributed by atoms with Crippen molar-refractivity contribution in [1.82, 2.24) is 10.3 Å². The smallest absolute Gasteiger partial charge is 0.255 e. The lowest BCUT2D eigenvalue weighted by Gasteiger charge is -2.15. The number of halogens is 1. The Balaban J connectivity index is 1.80. The Kier molecular flexibility index (Phi) is 6.69. The number of hydrogen-bond acceptors (Lipinski definition) is 6. The molecule has 0 saturated carbocycles. The predicted octanol–water partition coefficient (Wildman–Crippen LogP) is 3.92. The SMILES string of the molecule is COc1cc(OC)c(OC)cc1CNC(=O)c1cccnc1Nc1ccccc1F. The second-order valence-electron chi connectivity index (χ2n) is 6.21. The Hall–Kier alpha value is -3.81. The van der Waals surface area contributed by atoms with Gasteiger partial charge in [-0.3, -0.25) is 4.79 Å². The van der Waals surface area contributed by atoms with Gasteiger partial charge >= 0.3 is 0 Å². The Labute approximate surface area is 173 Å². The minimum absolute atomic E-state index is 0.177. The summed E-state index contributed by atoms with van der Waals surface area (Å²) in [5.41, 5.74) is 1.21. The number of nitrogens with one attached hydrogen (secondary N) is 2. The monoisotopic (exact) mass is 411 g/mol. The van der Waals surface area contributed by atoms with Crippen molar-refractivity contribution < 1.29 is 23.4 Å². The number of carbonyl (C=O) groups is 1. The maximum absolute atomic E-state index is 14.0. The second-order valence-corrected chi connectivity index (χ2v) is 6.21. The van der Waals surface area contributed by atoms with Crippen molar-refractivity contribution >= 4 is 17.4 Å². The molecule has 0 unspecified atom stereocenters. The van der Waals surface area contributed by atoms with Gasteiger partial charge in [0.2, 0.25) is 0 Å². The highest BCUT2D eigenvalue weighted by Crippen LogP contribution is 2.34. The van der Waals surface area contributed by atoms with Crippen molar-refractivity contribution in [2.24, 2.45) is 0 Å². The van der Waals surface area contributed by atoms with Crippen LogP contribution in [0.3, 0.4) is 0 Å². The van der Waals surface area contributed by atoms with Crippen LogP contribution < -0.4 is 24.8 Å². The molecule has 0 fully saturated rings. The predicted molar refractivity (Wildman–Crippen MR) is 111 cm³/mol. The zero-order valence-corrected chi connectivity index (χ0v) is 16.9. The molecule has 3 aromatic rings. The van der Waals surface area contributed by atoms with E-state index in [2.05, 4.69) is 15.6 Å². The van der Waals surface area contributed by atoms with Crippen LogP contribution in [-0.2, 0) is 6.54 Å². The van der Waals surface area contributed by atoms with E-state index in [1.54, 1.807) is 42.5 Å². The lowest BCUT2D eigenvalue weighted by atomic mass is 10.1. The van der Waals surface area contributed by atoms with Gasteiger partial charge in [-0.15, -0.1) is 0 Å². The lowest BCUT2D eigenvalue weighted by molar-refractivity contribution is 0.0951. The van der Waals surface area contributed by atoms with Crippen LogP contribution in [0.25, 0.3) is 0 Å². The molecule has 0 aliphatic heterocycles. The van der Waals surface area contributed by atoms with Gasteiger partial charge in [0.25, 0.3) is 5.91 Å². The summed E-state index contributed by atoms with van der Waals surface area (Å²) in [5, 5.41) is 5.70. The number of anilines is 2. The van der Waals surface area contributed by atoms with E-state index < -0.39 is 5.82 Å². The number of pyridine rings is 1. The van der Waals surface area contributed by atoms with E-state index in [0.717, 1.165) is 0 Å². The standard InChI is InChI=1S/C22H22FN3O4/c1-28-18-12-20(30-3)19(29-2)11-14(18)13-25-22(27)15-7-6-10-24-21(15)26-17-9-5-4-8-16(17)23/h4-12H,13H2,1-3H3,(H,24,26)(H,25,27). The van der Waals surface area contributed by atoms with Gasteiger partial charge in [-0.1, -0.05) is 12.1 Å². The van der Waals surface area contributed by atoms with E-state index in [0.29, 0.717) is 22.8 Å². The quantitative estimate of drug-likeness (QED) is 0.585. The van der Waals surface area contributed by atoms with Crippen LogP contribution in [0.2, 0.25) is 0 Å². The van der Waals surface area contributed by atoms with E-state index >= 15 is 0 Å². The van der Waals surface area contributed by atoms with E-state index in [1.807, 2.05) is 0 Å². The van der Waals surface area contributed by atoms with Gasteiger partial charge in [0.15, 0.2) is 11.5 Å². The van der Waals surface area contributed by atoms with Gasteiger partial charge in [-0.2, -0.15) is 0 Å². The van der Waals surface area contributed by atoms with Crippen LogP contribution in [0.1, 0.15) is 15.9 Å². The zero-order valence-electron chi connectivity index (χ0n) is 16.9. The highest BCUT2D eigenvalue weighted by Gasteiger charge is 2.16. The number of benzene rings is 2. The Bertz CT molecular complexity index is 1040. The summed E-state index contributed by atoms with van der Waals surface area (Å²) in [5.74, 6) is 1.02. The average molecular weight is 411 g/mol. The van der Waals surface area contributed by atoms with Gasteiger partial charge in [-0.05, 0) is 30.3 Å². The summed E-state index contributed by atoms with van der Waals surface area (Å²) in [6.45, 7) is 0.177. The topological polar surface area (TPSA) is 81.7 Å². The molecule has 3 rings (SSSR count). The minimum Gasteiger partial charge on any atom is -0.496 e. The molecular formula is C22H22FN3O4. The largest absolute Gasteiger partial charge is 0.496 e. The molecule has 2 N–H and O–H groups in total. The first-order chi connectivity index (χ1) is 14.6. The summed E-state index contributed by atoms with van der Waals surface area (Å²) in [4.78, 5) is 17.0. The average Bonchev–Trinajstić information content (AvgIpc) is 2.78. The molecule has 1 heterocycles. The molecule has 0 spiro atoms. The molecular weight excluding hydrogens is 389 g/mol. The number of carbonyl (C=O) groups excluding carboxylic acids is 1. The normalized spacial score (nSPS) is 10.3. The lowest BCUT2D eigenvalue weighted by Crippen LogP contribution is -2.24. The molecule has 1 amide bonds. The Morgan fingerprint density at radius 1 is 0.967 bits per heavy atom. The van der Waals surface area contributed by atoms with Crippen molar-refractivity contribution in [3.8, 4) is 17.2 Å². The fraction of sp³-hybridized carbons (Fsp3) is 0.182. The molecule has 2 aromatic carbocycles. The molecule has 7 nitrogen and oxygen atoms in total. The molecule has 8 heteroatoms. The maximum atomic E-state index is 14.0. The van der Waals surface area contributed by atoms with Gasteiger partial charge in [0, 0.05) is 24.4 Å². The number of para-hydroxylation sites is 1. The van der Waals surface area contributed by atoms with Crippen molar-refractivity contribution in [3.63, 3.8) is 0 Å². The first kappa shape index (κ1) is 20.9. The summed E-state index contributed by atoms with van der Waals surface area (Å²) in [7, 11) is 4.60. The fourth-order valence-electron chi connectivity index (χ4n) is 2.88. The molecule has 0 aliphatic rings. The minimum atomic E-state index is -0.440. The van der Waals surface area contributed by atoms with Gasteiger partial charge in [-0.25, -0.2) is 9.37 Å². The van der Waals surface area contributed by atoms with Crippen molar-refractivity contribution in [2.45, 2.75) is 6.54 Å². The van der Waals surface area contributed by atoms with Crippen molar-refractivity contribution in [2.75, 3.05) is 26.6 Å². The van der Waals surface area contributed by atoms with E-state index in [-0.39, 0.29) is 29.5 Å². The van der Waals surface area contributed by atoms with Crippen LogP contribution in [0.4, 0.5) is 15.9 Å². The summed E-state index contributed by atoms with van der Waals surface area (Å²) in [6.07, 6.45) is 1.53. The molecule has 0 radical (unpaired) electrons. The van der Waals surface area contributed by atoms with Crippen LogP contribution in [0.5, 0.6) is 17.2 Å². The third-order valence-corrected chi connectivity index (χ3v) is 4.41. The van der Waals surface area contributed by atoms with Crippen LogP contribution in [-0.4, -0.2) is 32.2 Å². The number of rotatable bonds is 8. The second kappa shape index (κ2) is 9.60. The van der Waals surface area contributed by atoms with Crippen molar-refractivity contribution in [1.29, 1.82) is 0 Å². The number of amides is 1. The third kappa shape index (κ3) is 4.60. The molecule has 0 bridgehead atoms. The summed E-state index contributed by atoms with van der Waals surface area (Å²) >= 11 is 0. The van der Waals surface area contributed by atoms with Crippen LogP contribution in [0, 0.1) is 5.82 Å². The van der Waals surface area contributed by atoms with Crippen LogP contribution >= 0.6 is 0 Å². The fourth-order valence-corrected chi connectivity index (χ4v) is 2.88. The maximum Gasteiger partial charge on any atom is 0.255 e. The first-order valence-corrected chi connectivity index (χ1v) is 9.11. The molecule has 0 atom stereocenters. The van der Waals surface area contributed by atoms with Gasteiger partial charge in [0.05, 0.1) is 32.6 Å². The number of aromatic nitrogens is 1. The molecule has 0 saturated heterocycles. The molecule has 156 valence electrons. The summed E-state index contributed by atoms with van der Waals surface area (Å²) < 4.78 is 29.9. The van der Waals surface area contributed by atoms with Crippen LogP contribution in [0.15, 0.2) is 54.7 Å². The number of nitrogens with zero attached hydrogens (tertiary/aromatic N) is 1. The zero-order chi connectivity index (χ0) is 21.5. The Morgan fingerprint density at radius 2 is 1.67 bits per heavy atom. The number of hydrogen-bond donors (Lipinski definition) is 2. The van der Waals surface area contributed by atoms with E-state index in [9.17, 15) is 9.18 Å².